The molecule has 0 bridgehead atoms. The number of benzene rings is 1. The summed E-state index contributed by atoms with van der Waals surface area (Å²) in [6.45, 7) is 1.69. The molecule has 0 radical (unpaired) electrons. The number of carbonyl (C=O) groups excluding carboxylic acids is 1. The second-order valence-corrected chi connectivity index (χ2v) is 4.34. The Labute approximate surface area is 81.3 Å². The number of aldehydes is 1. The van der Waals surface area contributed by atoms with Crippen molar-refractivity contribution in [1.29, 1.82) is 0 Å². The Kier molecular flexibility index (Phi) is 2.66. The van der Waals surface area contributed by atoms with Crippen LogP contribution in [0.4, 0.5) is 0 Å². The maximum atomic E-state index is 10.4. The molecule has 1 aliphatic heterocycles. The summed E-state index contributed by atoms with van der Waals surface area (Å²) in [7, 11) is 0. The second kappa shape index (κ2) is 3.94. The fourth-order valence-electron chi connectivity index (χ4n) is 1.10. The normalized spacial score (nSPS) is 16.6. The first-order valence-electron chi connectivity index (χ1n) is 4.18. The number of hydrogen-bond acceptors (Lipinski definition) is 3. The molecule has 0 atom stereocenters. The molecule has 0 amide bonds. The Morgan fingerprint density at radius 1 is 1.31 bits per heavy atom. The Bertz CT molecular complexity index is 290. The van der Waals surface area contributed by atoms with E-state index in [4.69, 9.17) is 4.74 Å². The van der Waals surface area contributed by atoms with Crippen molar-refractivity contribution >= 4 is 18.0 Å². The van der Waals surface area contributed by atoms with E-state index >= 15 is 0 Å². The van der Waals surface area contributed by atoms with Gasteiger partial charge in [-0.25, -0.2) is 0 Å². The third-order valence-corrected chi connectivity index (χ3v) is 3.08. The summed E-state index contributed by atoms with van der Waals surface area (Å²) < 4.78 is 5.07. The maximum absolute atomic E-state index is 10.4. The minimum absolute atomic E-state index is 0.599. The molecule has 2 rings (SSSR count). The van der Waals surface area contributed by atoms with Crippen LogP contribution in [-0.2, 0) is 4.74 Å². The van der Waals surface area contributed by atoms with Gasteiger partial charge in [0, 0.05) is 10.5 Å². The second-order valence-electron chi connectivity index (χ2n) is 2.96. The van der Waals surface area contributed by atoms with Crippen molar-refractivity contribution < 1.29 is 9.53 Å². The van der Waals surface area contributed by atoms with E-state index in [0.29, 0.717) is 5.25 Å². The Morgan fingerprint density at radius 2 is 2.00 bits per heavy atom. The van der Waals surface area contributed by atoms with Crippen LogP contribution in [0.15, 0.2) is 29.2 Å². The van der Waals surface area contributed by atoms with Crippen LogP contribution in [-0.4, -0.2) is 24.7 Å². The fourth-order valence-corrected chi connectivity index (χ4v) is 2.11. The van der Waals surface area contributed by atoms with Gasteiger partial charge in [0.25, 0.3) is 0 Å². The van der Waals surface area contributed by atoms with Gasteiger partial charge in [-0.2, -0.15) is 0 Å². The Hall–Kier alpha value is -0.800. The summed E-state index contributed by atoms with van der Waals surface area (Å²) in [5.74, 6) is 0. The molecule has 0 aromatic heterocycles. The first kappa shape index (κ1) is 8.78. The molecule has 0 unspecified atom stereocenters. The topological polar surface area (TPSA) is 26.3 Å². The molecule has 1 aromatic rings. The first-order chi connectivity index (χ1) is 6.38. The molecule has 1 aliphatic rings. The van der Waals surface area contributed by atoms with E-state index in [1.165, 1.54) is 4.90 Å². The molecule has 0 aliphatic carbocycles. The number of hydrogen-bond donors (Lipinski definition) is 0. The molecule has 1 aromatic carbocycles. The third kappa shape index (κ3) is 2.11. The fraction of sp³-hybridized carbons (Fsp3) is 0.300. The maximum Gasteiger partial charge on any atom is 0.150 e. The summed E-state index contributed by atoms with van der Waals surface area (Å²) in [5.41, 5.74) is 0.731. The van der Waals surface area contributed by atoms with Crippen molar-refractivity contribution in [2.45, 2.75) is 10.1 Å². The number of ether oxygens (including phenoxy) is 1. The standard InChI is InChI=1S/C10H10O2S/c11-5-8-1-3-9(4-2-8)13-10-6-12-7-10/h1-5,10H,6-7H2. The molecule has 1 fully saturated rings. The predicted octanol–water partition coefficient (Wildman–Crippen LogP) is 1.99. The minimum Gasteiger partial charge on any atom is -0.379 e. The lowest BCUT2D eigenvalue weighted by Gasteiger charge is -2.25. The van der Waals surface area contributed by atoms with Gasteiger partial charge in [-0.05, 0) is 12.1 Å². The van der Waals surface area contributed by atoms with Gasteiger partial charge in [0.05, 0.1) is 18.5 Å². The van der Waals surface area contributed by atoms with Crippen LogP contribution in [0.5, 0.6) is 0 Å². The van der Waals surface area contributed by atoms with Crippen LogP contribution in [0, 0.1) is 0 Å². The molecule has 1 saturated heterocycles. The lowest BCUT2D eigenvalue weighted by molar-refractivity contribution is 0.0455. The summed E-state index contributed by atoms with van der Waals surface area (Å²) in [5, 5.41) is 0.599. The van der Waals surface area contributed by atoms with Crippen molar-refractivity contribution in [2.75, 3.05) is 13.2 Å². The Balaban J connectivity index is 2.00. The monoisotopic (exact) mass is 194 g/mol. The molecule has 0 saturated carbocycles. The number of thioether (sulfide) groups is 1. The largest absolute Gasteiger partial charge is 0.379 e. The molecular weight excluding hydrogens is 184 g/mol. The molecule has 68 valence electrons. The van der Waals surface area contributed by atoms with Crippen molar-refractivity contribution in [3.63, 3.8) is 0 Å². The molecule has 0 N–H and O–H groups in total. The molecule has 1 heterocycles. The van der Waals surface area contributed by atoms with Crippen LogP contribution in [0.1, 0.15) is 10.4 Å². The van der Waals surface area contributed by atoms with Crippen LogP contribution in [0.2, 0.25) is 0 Å². The van der Waals surface area contributed by atoms with E-state index in [0.717, 1.165) is 25.1 Å². The van der Waals surface area contributed by atoms with Crippen molar-refractivity contribution in [1.82, 2.24) is 0 Å². The van der Waals surface area contributed by atoms with Crippen molar-refractivity contribution in [3.05, 3.63) is 29.8 Å². The highest BCUT2D eigenvalue weighted by atomic mass is 32.2. The number of rotatable bonds is 3. The van der Waals surface area contributed by atoms with Gasteiger partial charge in [-0.15, -0.1) is 11.8 Å². The minimum atomic E-state index is 0.599. The van der Waals surface area contributed by atoms with Crippen molar-refractivity contribution in [2.24, 2.45) is 0 Å². The van der Waals surface area contributed by atoms with Gasteiger partial charge in [0.2, 0.25) is 0 Å². The third-order valence-electron chi connectivity index (χ3n) is 1.93. The van der Waals surface area contributed by atoms with Gasteiger partial charge >= 0.3 is 0 Å². The highest BCUT2D eigenvalue weighted by Crippen LogP contribution is 2.27. The molecular formula is C10H10O2S. The van der Waals surface area contributed by atoms with E-state index in [1.807, 2.05) is 36.0 Å². The molecule has 3 heteroatoms. The lowest BCUT2D eigenvalue weighted by atomic mass is 10.2. The zero-order chi connectivity index (χ0) is 9.10. The van der Waals surface area contributed by atoms with Crippen LogP contribution < -0.4 is 0 Å². The SMILES string of the molecule is O=Cc1ccc(SC2COC2)cc1. The highest BCUT2D eigenvalue weighted by molar-refractivity contribution is 8.00. The predicted molar refractivity (Wildman–Crippen MR) is 52.3 cm³/mol. The highest BCUT2D eigenvalue weighted by Gasteiger charge is 2.19. The zero-order valence-electron chi connectivity index (χ0n) is 7.10. The van der Waals surface area contributed by atoms with Gasteiger partial charge in [0.15, 0.2) is 0 Å². The van der Waals surface area contributed by atoms with Gasteiger partial charge in [-0.1, -0.05) is 12.1 Å². The lowest BCUT2D eigenvalue weighted by Crippen LogP contribution is -2.29. The van der Waals surface area contributed by atoms with Crippen LogP contribution in [0.3, 0.4) is 0 Å². The molecule has 2 nitrogen and oxygen atoms in total. The van der Waals surface area contributed by atoms with Gasteiger partial charge < -0.3 is 4.74 Å². The van der Waals surface area contributed by atoms with Crippen molar-refractivity contribution in [3.8, 4) is 0 Å². The quantitative estimate of drug-likeness (QED) is 0.688. The summed E-state index contributed by atoms with van der Waals surface area (Å²) in [6.07, 6.45) is 0.862. The summed E-state index contributed by atoms with van der Waals surface area (Å²) >= 11 is 1.81. The van der Waals surface area contributed by atoms with E-state index in [9.17, 15) is 4.79 Å². The van der Waals surface area contributed by atoms with Crippen LogP contribution >= 0.6 is 11.8 Å². The zero-order valence-corrected chi connectivity index (χ0v) is 7.92. The smallest absolute Gasteiger partial charge is 0.150 e. The van der Waals surface area contributed by atoms with Crippen LogP contribution in [0.25, 0.3) is 0 Å². The summed E-state index contributed by atoms with van der Waals surface area (Å²) in [4.78, 5) is 11.6. The van der Waals surface area contributed by atoms with Gasteiger partial charge in [-0.3, -0.25) is 4.79 Å². The Morgan fingerprint density at radius 3 is 2.46 bits per heavy atom. The summed E-state index contributed by atoms with van der Waals surface area (Å²) in [6, 6.07) is 7.64. The molecule has 0 spiro atoms. The van der Waals surface area contributed by atoms with E-state index < -0.39 is 0 Å². The van der Waals surface area contributed by atoms with E-state index in [1.54, 1.807) is 0 Å². The molecule has 13 heavy (non-hydrogen) atoms. The van der Waals surface area contributed by atoms with Gasteiger partial charge in [0.1, 0.15) is 6.29 Å². The first-order valence-corrected chi connectivity index (χ1v) is 5.06. The average Bonchev–Trinajstić information content (AvgIpc) is 2.12. The average molecular weight is 194 g/mol. The number of carbonyl (C=O) groups is 1. The van der Waals surface area contributed by atoms with E-state index in [2.05, 4.69) is 0 Å². The van der Waals surface area contributed by atoms with E-state index in [-0.39, 0.29) is 0 Å².